The molecule has 60 valence electrons. The summed E-state index contributed by atoms with van der Waals surface area (Å²) in [5.74, 6) is -0.574. The zero-order valence-electron chi connectivity index (χ0n) is 6.00. The molecule has 4 heteroatoms. The minimum atomic E-state index is -2.91. The van der Waals surface area contributed by atoms with E-state index in [2.05, 4.69) is 0 Å². The molecule has 1 aromatic carbocycles. The molecule has 11 heavy (non-hydrogen) atoms. The van der Waals surface area contributed by atoms with Crippen LogP contribution in [-0.4, -0.2) is 10.5 Å². The van der Waals surface area contributed by atoms with Crippen molar-refractivity contribution >= 4 is 9.73 Å². The Morgan fingerprint density at radius 2 is 2.00 bits per heavy atom. The smallest absolute Gasteiger partial charge is 0.140 e. The van der Waals surface area contributed by atoms with Crippen LogP contribution in [-0.2, 0) is 9.73 Å². The number of nitrogens with one attached hydrogen (secondary N) is 1. The van der Waals surface area contributed by atoms with Gasteiger partial charge in [0.15, 0.2) is 0 Å². The highest BCUT2D eigenvalue weighted by atomic mass is 32.2. The molecule has 0 heterocycles. The lowest BCUT2D eigenvalue weighted by Crippen LogP contribution is -1.97. The van der Waals surface area contributed by atoms with Gasteiger partial charge in [-0.05, 0) is 12.1 Å². The summed E-state index contributed by atoms with van der Waals surface area (Å²) >= 11 is 0. The molecule has 0 unspecified atom stereocenters. The second-order valence-corrected chi connectivity index (χ2v) is 4.40. The van der Waals surface area contributed by atoms with Crippen LogP contribution >= 0.6 is 0 Å². The number of rotatable bonds is 1. The van der Waals surface area contributed by atoms with Crippen molar-refractivity contribution in [3.63, 3.8) is 0 Å². The third-order valence-electron chi connectivity index (χ3n) is 1.26. The Morgan fingerprint density at radius 3 is 2.36 bits per heavy atom. The molecule has 0 aliphatic rings. The third-order valence-corrected chi connectivity index (χ3v) is 2.43. The quantitative estimate of drug-likeness (QED) is 0.691. The summed E-state index contributed by atoms with van der Waals surface area (Å²) < 4.78 is 30.9. The highest BCUT2D eigenvalue weighted by Gasteiger charge is 2.07. The maximum absolute atomic E-state index is 12.8. The molecule has 0 aromatic heterocycles. The fourth-order valence-electron chi connectivity index (χ4n) is 0.761. The highest BCUT2D eigenvalue weighted by molar-refractivity contribution is 7.91. The summed E-state index contributed by atoms with van der Waals surface area (Å²) in [5.41, 5.74) is 0. The van der Waals surface area contributed by atoms with Crippen molar-refractivity contribution in [1.82, 2.24) is 0 Å². The summed E-state index contributed by atoms with van der Waals surface area (Å²) in [6.07, 6.45) is 1.20. The Kier molecular flexibility index (Phi) is 1.95. The lowest BCUT2D eigenvalue weighted by atomic mass is 10.4. The zero-order valence-corrected chi connectivity index (χ0v) is 6.82. The third kappa shape index (κ3) is 1.77. The van der Waals surface area contributed by atoms with Crippen molar-refractivity contribution in [2.24, 2.45) is 0 Å². The van der Waals surface area contributed by atoms with E-state index in [4.69, 9.17) is 4.78 Å². The van der Waals surface area contributed by atoms with Gasteiger partial charge in [0.2, 0.25) is 0 Å². The largest absolute Gasteiger partial charge is 0.249 e. The number of hydrogen-bond donors (Lipinski definition) is 1. The fraction of sp³-hybridized carbons (Fsp3) is 0.143. The monoisotopic (exact) mass is 173 g/mol. The van der Waals surface area contributed by atoms with Crippen molar-refractivity contribution in [3.05, 3.63) is 30.1 Å². The fourth-order valence-corrected chi connectivity index (χ4v) is 1.54. The highest BCUT2D eigenvalue weighted by Crippen LogP contribution is 2.12. The van der Waals surface area contributed by atoms with E-state index in [1.807, 2.05) is 0 Å². The van der Waals surface area contributed by atoms with Gasteiger partial charge in [0.25, 0.3) is 0 Å². The van der Waals surface area contributed by atoms with E-state index in [0.29, 0.717) is 0 Å². The van der Waals surface area contributed by atoms with E-state index in [0.717, 1.165) is 0 Å². The van der Waals surface area contributed by atoms with Gasteiger partial charge in [-0.3, -0.25) is 0 Å². The Labute approximate surface area is 65.0 Å². The van der Waals surface area contributed by atoms with Gasteiger partial charge in [0.05, 0.1) is 14.6 Å². The zero-order chi connectivity index (χ0) is 8.48. The van der Waals surface area contributed by atoms with Gasteiger partial charge in [0, 0.05) is 6.26 Å². The van der Waals surface area contributed by atoms with Crippen LogP contribution in [0.3, 0.4) is 0 Å². The second kappa shape index (κ2) is 2.62. The SMILES string of the molecule is C[S@](=N)(=O)c1ccccc1F. The summed E-state index contributed by atoms with van der Waals surface area (Å²) in [5, 5.41) is 0. The van der Waals surface area contributed by atoms with E-state index in [1.165, 1.54) is 24.5 Å². The molecule has 0 radical (unpaired) electrons. The molecule has 0 spiro atoms. The molecule has 1 rings (SSSR count). The lowest BCUT2D eigenvalue weighted by molar-refractivity contribution is 0.594. The molecule has 0 saturated heterocycles. The van der Waals surface area contributed by atoms with Crippen molar-refractivity contribution in [2.75, 3.05) is 6.26 Å². The first-order chi connectivity index (χ1) is 5.02. The van der Waals surface area contributed by atoms with Crippen LogP contribution in [0.1, 0.15) is 0 Å². The van der Waals surface area contributed by atoms with Crippen molar-refractivity contribution in [3.8, 4) is 0 Å². The van der Waals surface area contributed by atoms with Gasteiger partial charge in [-0.2, -0.15) is 0 Å². The van der Waals surface area contributed by atoms with Crippen LogP contribution in [0, 0.1) is 10.6 Å². The van der Waals surface area contributed by atoms with Crippen molar-refractivity contribution < 1.29 is 8.60 Å². The molecule has 1 aromatic rings. The number of benzene rings is 1. The standard InChI is InChI=1S/C7H8FNOS/c1-11(9,10)7-5-3-2-4-6(7)8/h2-5,9H,1H3/t11-/m0/s1. The van der Waals surface area contributed by atoms with E-state index >= 15 is 0 Å². The van der Waals surface area contributed by atoms with Crippen LogP contribution in [0.2, 0.25) is 0 Å². The molecule has 0 bridgehead atoms. The first-order valence-corrected chi connectivity index (χ1v) is 4.97. The van der Waals surface area contributed by atoms with Gasteiger partial charge in [0.1, 0.15) is 5.82 Å². The van der Waals surface area contributed by atoms with Crippen LogP contribution in [0.15, 0.2) is 29.2 Å². The Balaban J connectivity index is 3.37. The number of halogens is 1. The van der Waals surface area contributed by atoms with Crippen molar-refractivity contribution in [1.29, 1.82) is 4.78 Å². The second-order valence-electron chi connectivity index (χ2n) is 2.27. The minimum Gasteiger partial charge on any atom is -0.249 e. The molecule has 0 fully saturated rings. The molecular formula is C7H8FNOS. The van der Waals surface area contributed by atoms with Gasteiger partial charge >= 0.3 is 0 Å². The topological polar surface area (TPSA) is 40.9 Å². The Hall–Kier alpha value is -0.900. The average molecular weight is 173 g/mol. The molecule has 0 aliphatic heterocycles. The lowest BCUT2D eigenvalue weighted by Gasteiger charge is -2.00. The van der Waals surface area contributed by atoms with Gasteiger partial charge in [-0.15, -0.1) is 0 Å². The van der Waals surface area contributed by atoms with Crippen LogP contribution in [0.5, 0.6) is 0 Å². The summed E-state index contributed by atoms with van der Waals surface area (Å²) in [7, 11) is -2.91. The van der Waals surface area contributed by atoms with Crippen LogP contribution < -0.4 is 0 Å². The van der Waals surface area contributed by atoms with Gasteiger partial charge in [-0.25, -0.2) is 13.4 Å². The first-order valence-electron chi connectivity index (χ1n) is 3.00. The molecule has 2 nitrogen and oxygen atoms in total. The van der Waals surface area contributed by atoms with E-state index in [1.54, 1.807) is 6.07 Å². The van der Waals surface area contributed by atoms with Crippen LogP contribution in [0.25, 0.3) is 0 Å². The Bertz CT molecular complexity index is 358. The maximum atomic E-state index is 12.8. The molecule has 1 atom stereocenters. The molecule has 0 saturated carbocycles. The molecule has 1 N–H and O–H groups in total. The maximum Gasteiger partial charge on any atom is 0.140 e. The van der Waals surface area contributed by atoms with Crippen LogP contribution in [0.4, 0.5) is 4.39 Å². The van der Waals surface area contributed by atoms with Crippen molar-refractivity contribution in [2.45, 2.75) is 4.90 Å². The molecule has 0 aliphatic carbocycles. The summed E-state index contributed by atoms with van der Waals surface area (Å²) in [6, 6.07) is 5.64. The minimum absolute atomic E-state index is 0.0278. The predicted molar refractivity (Wildman–Crippen MR) is 41.5 cm³/mol. The van der Waals surface area contributed by atoms with Gasteiger partial charge < -0.3 is 0 Å². The number of hydrogen-bond acceptors (Lipinski definition) is 2. The van der Waals surface area contributed by atoms with Gasteiger partial charge in [-0.1, -0.05) is 12.1 Å². The summed E-state index contributed by atoms with van der Waals surface area (Å²) in [4.78, 5) is -0.0278. The predicted octanol–water partition coefficient (Wildman–Crippen LogP) is 1.86. The summed E-state index contributed by atoms with van der Waals surface area (Å²) in [6.45, 7) is 0. The van der Waals surface area contributed by atoms with E-state index in [9.17, 15) is 8.60 Å². The molecular weight excluding hydrogens is 165 g/mol. The molecule has 0 amide bonds. The van der Waals surface area contributed by atoms with E-state index < -0.39 is 15.5 Å². The first kappa shape index (κ1) is 8.20. The van der Waals surface area contributed by atoms with E-state index in [-0.39, 0.29) is 4.90 Å². The average Bonchev–Trinajstić information content (AvgIpc) is 1.86. The Morgan fingerprint density at radius 1 is 1.45 bits per heavy atom. The normalized spacial score (nSPS) is 15.8.